The molecule has 1 aromatic carbocycles. The molecule has 0 saturated heterocycles. The molecule has 1 unspecified atom stereocenters. The molecule has 114 valence electrons. The van der Waals surface area contributed by atoms with Crippen molar-refractivity contribution < 1.29 is 4.74 Å². The molecule has 0 spiro atoms. The van der Waals surface area contributed by atoms with Crippen LogP contribution in [0.25, 0.3) is 0 Å². The first-order valence-electron chi connectivity index (χ1n) is 7.36. The van der Waals surface area contributed by atoms with E-state index in [1.54, 1.807) is 7.11 Å². The molecule has 0 radical (unpaired) electrons. The zero-order valence-corrected chi connectivity index (χ0v) is 13.8. The van der Waals surface area contributed by atoms with Crippen LogP contribution in [-0.4, -0.2) is 23.4 Å². The number of hydrogen-bond acceptors (Lipinski definition) is 3. The Bertz CT molecular complexity index is 631. The van der Waals surface area contributed by atoms with E-state index in [2.05, 4.69) is 56.4 Å². The summed E-state index contributed by atoms with van der Waals surface area (Å²) in [6, 6.07) is 4.49. The van der Waals surface area contributed by atoms with Crippen molar-refractivity contribution in [2.75, 3.05) is 13.7 Å². The molecule has 1 N–H and O–H groups in total. The van der Waals surface area contributed by atoms with Gasteiger partial charge in [0.1, 0.15) is 5.75 Å². The number of aromatic nitrogens is 2. The van der Waals surface area contributed by atoms with Crippen molar-refractivity contribution in [1.82, 2.24) is 15.1 Å². The second-order valence-electron chi connectivity index (χ2n) is 5.51. The summed E-state index contributed by atoms with van der Waals surface area (Å²) in [7, 11) is 3.68. The van der Waals surface area contributed by atoms with Crippen LogP contribution < -0.4 is 10.1 Å². The van der Waals surface area contributed by atoms with Crippen molar-refractivity contribution in [1.29, 1.82) is 0 Å². The van der Waals surface area contributed by atoms with Gasteiger partial charge in [-0.3, -0.25) is 4.68 Å². The van der Waals surface area contributed by atoms with E-state index in [9.17, 15) is 0 Å². The third-order valence-electron chi connectivity index (χ3n) is 3.87. The van der Waals surface area contributed by atoms with Crippen LogP contribution in [0.15, 0.2) is 18.3 Å². The predicted octanol–water partition coefficient (Wildman–Crippen LogP) is 3.05. The lowest BCUT2D eigenvalue weighted by atomic mass is 9.93. The Morgan fingerprint density at radius 2 is 1.90 bits per heavy atom. The summed E-state index contributed by atoms with van der Waals surface area (Å²) < 4.78 is 7.29. The SMILES string of the molecule is CCNC(c1cc(C)c(OC)cc1C)c1cn(C)nc1C. The molecule has 2 rings (SSSR count). The van der Waals surface area contributed by atoms with Crippen LogP contribution in [0.2, 0.25) is 0 Å². The van der Waals surface area contributed by atoms with Crippen molar-refractivity contribution in [2.45, 2.75) is 33.7 Å². The van der Waals surface area contributed by atoms with E-state index in [1.165, 1.54) is 16.7 Å². The lowest BCUT2D eigenvalue weighted by Gasteiger charge is -2.21. The predicted molar refractivity (Wildman–Crippen MR) is 85.9 cm³/mol. The summed E-state index contributed by atoms with van der Waals surface area (Å²) in [5.41, 5.74) is 5.96. The van der Waals surface area contributed by atoms with E-state index in [0.29, 0.717) is 0 Å². The number of aryl methyl sites for hydroxylation is 4. The van der Waals surface area contributed by atoms with Gasteiger partial charge in [-0.15, -0.1) is 0 Å². The highest BCUT2D eigenvalue weighted by atomic mass is 16.5. The van der Waals surface area contributed by atoms with Crippen molar-refractivity contribution in [3.05, 3.63) is 46.3 Å². The van der Waals surface area contributed by atoms with Gasteiger partial charge in [0.2, 0.25) is 0 Å². The first-order valence-corrected chi connectivity index (χ1v) is 7.36. The minimum absolute atomic E-state index is 0.160. The maximum absolute atomic E-state index is 5.42. The fourth-order valence-electron chi connectivity index (χ4n) is 2.84. The third kappa shape index (κ3) is 3.10. The summed E-state index contributed by atoms with van der Waals surface area (Å²) in [4.78, 5) is 0. The first kappa shape index (κ1) is 15.6. The summed E-state index contributed by atoms with van der Waals surface area (Å²) >= 11 is 0. The molecule has 0 fully saturated rings. The van der Waals surface area contributed by atoms with Crippen LogP contribution in [0, 0.1) is 20.8 Å². The molecule has 0 bridgehead atoms. The molecule has 2 aromatic rings. The smallest absolute Gasteiger partial charge is 0.122 e. The van der Waals surface area contributed by atoms with E-state index < -0.39 is 0 Å². The van der Waals surface area contributed by atoms with Gasteiger partial charge in [0.25, 0.3) is 0 Å². The summed E-state index contributed by atoms with van der Waals surface area (Å²) in [6.45, 7) is 9.31. The highest BCUT2D eigenvalue weighted by Gasteiger charge is 2.20. The maximum Gasteiger partial charge on any atom is 0.122 e. The molecule has 1 aromatic heterocycles. The molecule has 4 nitrogen and oxygen atoms in total. The van der Waals surface area contributed by atoms with E-state index in [-0.39, 0.29) is 6.04 Å². The normalized spacial score (nSPS) is 12.5. The van der Waals surface area contributed by atoms with Crippen LogP contribution >= 0.6 is 0 Å². The van der Waals surface area contributed by atoms with E-state index in [1.807, 2.05) is 11.7 Å². The Balaban J connectivity index is 2.53. The van der Waals surface area contributed by atoms with Crippen LogP contribution in [-0.2, 0) is 7.05 Å². The Hall–Kier alpha value is -1.81. The van der Waals surface area contributed by atoms with Gasteiger partial charge in [-0.05, 0) is 50.1 Å². The van der Waals surface area contributed by atoms with Crippen molar-refractivity contribution >= 4 is 0 Å². The van der Waals surface area contributed by atoms with E-state index in [0.717, 1.165) is 23.6 Å². The van der Waals surface area contributed by atoms with Gasteiger partial charge in [-0.1, -0.05) is 13.0 Å². The Morgan fingerprint density at radius 3 is 2.43 bits per heavy atom. The number of nitrogens with zero attached hydrogens (tertiary/aromatic N) is 2. The molecule has 0 amide bonds. The zero-order chi connectivity index (χ0) is 15.6. The monoisotopic (exact) mass is 287 g/mol. The Kier molecular flexibility index (Phi) is 4.68. The molecule has 0 aliphatic carbocycles. The minimum Gasteiger partial charge on any atom is -0.496 e. The topological polar surface area (TPSA) is 39.1 Å². The quantitative estimate of drug-likeness (QED) is 0.918. The molecular formula is C17H25N3O. The summed E-state index contributed by atoms with van der Waals surface area (Å²) in [6.07, 6.45) is 2.10. The number of hydrogen-bond donors (Lipinski definition) is 1. The Labute approximate surface area is 127 Å². The van der Waals surface area contributed by atoms with Crippen molar-refractivity contribution in [3.63, 3.8) is 0 Å². The fraction of sp³-hybridized carbons (Fsp3) is 0.471. The zero-order valence-electron chi connectivity index (χ0n) is 13.8. The standard InChI is InChI=1S/C17H25N3O/c1-7-18-17(15-10-20(5)19-13(15)4)14-8-12(3)16(21-6)9-11(14)2/h8-10,17-18H,7H2,1-6H3. The molecule has 0 aliphatic heterocycles. The number of nitrogens with one attached hydrogen (secondary N) is 1. The van der Waals surface area contributed by atoms with Crippen molar-refractivity contribution in [2.24, 2.45) is 7.05 Å². The third-order valence-corrected chi connectivity index (χ3v) is 3.87. The molecule has 21 heavy (non-hydrogen) atoms. The fourth-order valence-corrected chi connectivity index (χ4v) is 2.84. The lowest BCUT2D eigenvalue weighted by Crippen LogP contribution is -2.23. The van der Waals surface area contributed by atoms with Gasteiger partial charge >= 0.3 is 0 Å². The molecule has 0 saturated carbocycles. The summed E-state index contributed by atoms with van der Waals surface area (Å²) in [5, 5.41) is 8.06. The molecule has 1 heterocycles. The first-order chi connectivity index (χ1) is 9.97. The Morgan fingerprint density at radius 1 is 1.19 bits per heavy atom. The average molecular weight is 287 g/mol. The lowest BCUT2D eigenvalue weighted by molar-refractivity contribution is 0.411. The molecular weight excluding hydrogens is 262 g/mol. The maximum atomic E-state index is 5.42. The summed E-state index contributed by atoms with van der Waals surface area (Å²) in [5.74, 6) is 0.939. The largest absolute Gasteiger partial charge is 0.496 e. The number of rotatable bonds is 5. The van der Waals surface area contributed by atoms with E-state index >= 15 is 0 Å². The van der Waals surface area contributed by atoms with Crippen LogP contribution in [0.5, 0.6) is 5.75 Å². The van der Waals surface area contributed by atoms with Gasteiger partial charge in [0.15, 0.2) is 0 Å². The second-order valence-corrected chi connectivity index (χ2v) is 5.51. The highest BCUT2D eigenvalue weighted by Crippen LogP contribution is 2.31. The molecule has 1 atom stereocenters. The number of ether oxygens (including phenoxy) is 1. The van der Waals surface area contributed by atoms with Crippen LogP contribution in [0.3, 0.4) is 0 Å². The highest BCUT2D eigenvalue weighted by molar-refractivity contribution is 5.46. The van der Waals surface area contributed by atoms with E-state index in [4.69, 9.17) is 4.74 Å². The second kappa shape index (κ2) is 6.31. The van der Waals surface area contributed by atoms with Gasteiger partial charge in [-0.2, -0.15) is 5.10 Å². The average Bonchev–Trinajstić information content (AvgIpc) is 2.77. The van der Waals surface area contributed by atoms with Gasteiger partial charge in [-0.25, -0.2) is 0 Å². The van der Waals surface area contributed by atoms with Crippen molar-refractivity contribution in [3.8, 4) is 5.75 Å². The number of benzene rings is 1. The molecule has 4 heteroatoms. The van der Waals surface area contributed by atoms with Crippen LogP contribution in [0.4, 0.5) is 0 Å². The minimum atomic E-state index is 0.160. The molecule has 0 aliphatic rings. The van der Waals surface area contributed by atoms with Gasteiger partial charge in [0.05, 0.1) is 18.8 Å². The number of methoxy groups -OCH3 is 1. The van der Waals surface area contributed by atoms with Gasteiger partial charge < -0.3 is 10.1 Å². The van der Waals surface area contributed by atoms with Gasteiger partial charge in [0, 0.05) is 18.8 Å². The van der Waals surface area contributed by atoms with Crippen LogP contribution in [0.1, 0.15) is 40.9 Å².